The monoisotopic (exact) mass is 195 g/mol. The molecular weight excluding hydrogens is 189 g/mol. The van der Waals surface area contributed by atoms with Crippen LogP contribution in [0, 0.1) is 6.92 Å². The van der Waals surface area contributed by atoms with Gasteiger partial charge in [0.15, 0.2) is 0 Å². The molecule has 0 radical (unpaired) electrons. The SMILES string of the molecule is Cc1ccc(S(=O)(=O)[O-])nc1.[Na+]. The summed E-state index contributed by atoms with van der Waals surface area (Å²) in [6.07, 6.45) is 1.34. The molecule has 1 aromatic heterocycles. The van der Waals surface area contributed by atoms with Gasteiger partial charge >= 0.3 is 29.6 Å². The Kier molecular flexibility index (Phi) is 4.36. The van der Waals surface area contributed by atoms with Gasteiger partial charge in [0.2, 0.25) is 0 Å². The number of aromatic nitrogens is 1. The summed E-state index contributed by atoms with van der Waals surface area (Å²) in [4.78, 5) is 3.45. The zero-order valence-electron chi connectivity index (χ0n) is 6.81. The molecule has 1 aromatic rings. The van der Waals surface area contributed by atoms with Crippen LogP contribution in [0.1, 0.15) is 5.56 Å². The van der Waals surface area contributed by atoms with Crippen LogP contribution < -0.4 is 29.6 Å². The predicted molar refractivity (Wildman–Crippen MR) is 36.9 cm³/mol. The van der Waals surface area contributed by atoms with Gasteiger partial charge < -0.3 is 4.55 Å². The van der Waals surface area contributed by atoms with Gasteiger partial charge in [-0.05, 0) is 18.6 Å². The minimum Gasteiger partial charge on any atom is -0.743 e. The molecule has 0 aromatic carbocycles. The minimum absolute atomic E-state index is 0. The van der Waals surface area contributed by atoms with Crippen molar-refractivity contribution in [2.45, 2.75) is 11.9 Å². The Morgan fingerprint density at radius 2 is 2.00 bits per heavy atom. The van der Waals surface area contributed by atoms with Gasteiger partial charge in [0, 0.05) is 6.20 Å². The van der Waals surface area contributed by atoms with Gasteiger partial charge in [0.05, 0.1) is 0 Å². The van der Waals surface area contributed by atoms with Crippen molar-refractivity contribution in [2.75, 3.05) is 0 Å². The molecule has 1 rings (SSSR count). The summed E-state index contributed by atoms with van der Waals surface area (Å²) < 4.78 is 31.0. The van der Waals surface area contributed by atoms with E-state index in [0.717, 1.165) is 5.56 Å². The van der Waals surface area contributed by atoms with Crippen LogP contribution in [-0.2, 0) is 10.1 Å². The average molecular weight is 195 g/mol. The smallest absolute Gasteiger partial charge is 0.743 e. The molecule has 0 aliphatic carbocycles. The van der Waals surface area contributed by atoms with Gasteiger partial charge in [-0.15, -0.1) is 0 Å². The standard InChI is InChI=1S/C6H7NO3S.Na/c1-5-2-3-6(7-4-5)11(8,9)10;/h2-4H,1H3,(H,8,9,10);/q;+1/p-1. The molecule has 4 nitrogen and oxygen atoms in total. The topological polar surface area (TPSA) is 70.1 Å². The molecule has 0 aliphatic heterocycles. The van der Waals surface area contributed by atoms with Gasteiger partial charge in [0.25, 0.3) is 0 Å². The van der Waals surface area contributed by atoms with E-state index in [4.69, 9.17) is 0 Å². The maximum absolute atomic E-state index is 10.3. The Morgan fingerprint density at radius 3 is 2.33 bits per heavy atom. The third kappa shape index (κ3) is 3.20. The zero-order chi connectivity index (χ0) is 8.48. The normalized spacial score (nSPS) is 10.5. The van der Waals surface area contributed by atoms with Crippen molar-refractivity contribution in [3.8, 4) is 0 Å². The van der Waals surface area contributed by atoms with Crippen LogP contribution in [0.3, 0.4) is 0 Å². The third-order valence-corrected chi connectivity index (χ3v) is 1.89. The number of hydrogen-bond donors (Lipinski definition) is 0. The fourth-order valence-electron chi connectivity index (χ4n) is 0.602. The van der Waals surface area contributed by atoms with E-state index in [1.54, 1.807) is 6.92 Å². The van der Waals surface area contributed by atoms with Crippen LogP contribution in [0.25, 0.3) is 0 Å². The first-order chi connectivity index (χ1) is 5.00. The van der Waals surface area contributed by atoms with Gasteiger partial charge in [-0.2, -0.15) is 0 Å². The first-order valence-electron chi connectivity index (χ1n) is 2.89. The second-order valence-corrected chi connectivity index (χ2v) is 3.45. The number of pyridine rings is 1. The number of nitrogens with zero attached hydrogens (tertiary/aromatic N) is 1. The molecule has 0 unspecified atom stereocenters. The van der Waals surface area contributed by atoms with Crippen molar-refractivity contribution in [1.82, 2.24) is 4.98 Å². The maximum atomic E-state index is 10.3. The van der Waals surface area contributed by atoms with Crippen LogP contribution in [0.15, 0.2) is 23.4 Å². The van der Waals surface area contributed by atoms with Crippen LogP contribution in [0.5, 0.6) is 0 Å². The maximum Gasteiger partial charge on any atom is 1.00 e. The predicted octanol–water partition coefficient (Wildman–Crippen LogP) is -2.70. The van der Waals surface area contributed by atoms with Crippen LogP contribution in [-0.4, -0.2) is 18.0 Å². The largest absolute Gasteiger partial charge is 1.00 e. The van der Waals surface area contributed by atoms with E-state index in [1.165, 1.54) is 18.3 Å². The molecule has 0 saturated carbocycles. The van der Waals surface area contributed by atoms with E-state index >= 15 is 0 Å². The summed E-state index contributed by atoms with van der Waals surface area (Å²) >= 11 is 0. The van der Waals surface area contributed by atoms with Crippen molar-refractivity contribution in [3.05, 3.63) is 23.9 Å². The Labute approximate surface area is 93.1 Å². The summed E-state index contributed by atoms with van der Waals surface area (Å²) in [6, 6.07) is 2.72. The van der Waals surface area contributed by atoms with E-state index in [1.807, 2.05) is 0 Å². The molecule has 0 saturated heterocycles. The van der Waals surface area contributed by atoms with E-state index in [0.29, 0.717) is 0 Å². The molecule has 0 amide bonds. The molecular formula is C6H6NNaO3S. The summed E-state index contributed by atoms with van der Waals surface area (Å²) in [5.74, 6) is 0. The second kappa shape index (κ2) is 4.34. The Morgan fingerprint density at radius 1 is 1.42 bits per heavy atom. The van der Waals surface area contributed by atoms with Crippen molar-refractivity contribution in [3.63, 3.8) is 0 Å². The number of aryl methyl sites for hydroxylation is 1. The van der Waals surface area contributed by atoms with Gasteiger partial charge in [-0.25, -0.2) is 13.4 Å². The Balaban J connectivity index is 0.00000121. The van der Waals surface area contributed by atoms with E-state index in [9.17, 15) is 13.0 Å². The van der Waals surface area contributed by atoms with Crippen molar-refractivity contribution >= 4 is 10.1 Å². The van der Waals surface area contributed by atoms with E-state index in [2.05, 4.69) is 4.98 Å². The quantitative estimate of drug-likeness (QED) is 0.361. The third-order valence-electron chi connectivity index (χ3n) is 1.14. The van der Waals surface area contributed by atoms with E-state index < -0.39 is 15.1 Å². The van der Waals surface area contributed by atoms with Crippen molar-refractivity contribution in [2.24, 2.45) is 0 Å². The molecule has 60 valence electrons. The average Bonchev–Trinajstić information content (AvgIpc) is 1.86. The summed E-state index contributed by atoms with van der Waals surface area (Å²) in [5.41, 5.74) is 0.817. The molecule has 0 bridgehead atoms. The molecule has 6 heteroatoms. The summed E-state index contributed by atoms with van der Waals surface area (Å²) in [5, 5.41) is -0.428. The number of hydrogen-bond acceptors (Lipinski definition) is 4. The number of rotatable bonds is 1. The van der Waals surface area contributed by atoms with Gasteiger partial charge in [-0.1, -0.05) is 6.07 Å². The fraction of sp³-hybridized carbons (Fsp3) is 0.167. The summed E-state index contributed by atoms with van der Waals surface area (Å²) in [6.45, 7) is 1.76. The second-order valence-electron chi connectivity index (χ2n) is 2.13. The van der Waals surface area contributed by atoms with E-state index in [-0.39, 0.29) is 29.6 Å². The van der Waals surface area contributed by atoms with Crippen molar-refractivity contribution < 1.29 is 42.5 Å². The molecule has 0 N–H and O–H groups in total. The zero-order valence-corrected chi connectivity index (χ0v) is 9.63. The molecule has 0 aliphatic rings. The van der Waals surface area contributed by atoms with Crippen molar-refractivity contribution in [1.29, 1.82) is 0 Å². The summed E-state index contributed by atoms with van der Waals surface area (Å²) in [7, 11) is -4.38. The van der Waals surface area contributed by atoms with Crippen LogP contribution >= 0.6 is 0 Å². The molecule has 0 fully saturated rings. The van der Waals surface area contributed by atoms with Gasteiger partial charge in [0.1, 0.15) is 15.1 Å². The Hall–Kier alpha value is 0.0600. The first-order valence-corrected chi connectivity index (χ1v) is 4.29. The van der Waals surface area contributed by atoms with Crippen LogP contribution in [0.2, 0.25) is 0 Å². The molecule has 0 atom stereocenters. The Bertz CT molecular complexity index is 346. The van der Waals surface area contributed by atoms with Gasteiger partial charge in [-0.3, -0.25) is 0 Å². The first kappa shape index (κ1) is 12.1. The molecule has 0 spiro atoms. The molecule has 1 heterocycles. The fourth-order valence-corrected chi connectivity index (χ4v) is 1.02. The minimum atomic E-state index is -4.38. The van der Waals surface area contributed by atoms with Crippen LogP contribution in [0.4, 0.5) is 0 Å². The molecule has 12 heavy (non-hydrogen) atoms.